The molecular formula is C60H39N3O. The van der Waals surface area contributed by atoms with Gasteiger partial charge in [0, 0.05) is 60.8 Å². The van der Waals surface area contributed by atoms with Crippen LogP contribution in [0, 0.1) is 0 Å². The predicted octanol–water partition coefficient (Wildman–Crippen LogP) is 16.6. The van der Waals surface area contributed by atoms with Crippen molar-refractivity contribution in [2.45, 2.75) is 0 Å². The van der Waals surface area contributed by atoms with E-state index in [-0.39, 0.29) is 0 Å². The van der Waals surface area contributed by atoms with Gasteiger partial charge in [-0.05, 0) is 107 Å². The third-order valence-electron chi connectivity index (χ3n) is 12.9. The quantitative estimate of drug-likeness (QED) is 0.160. The zero-order chi connectivity index (χ0) is 42.1. The zero-order valence-electron chi connectivity index (χ0n) is 34.8. The van der Waals surface area contributed by atoms with E-state index in [9.17, 15) is 0 Å². The van der Waals surface area contributed by atoms with E-state index in [1.54, 1.807) is 0 Å². The third-order valence-corrected chi connectivity index (χ3v) is 12.9. The summed E-state index contributed by atoms with van der Waals surface area (Å²) in [5.74, 6) is 0. The number of para-hydroxylation sites is 3. The minimum absolute atomic E-state index is 0.879. The molecule has 0 spiro atoms. The van der Waals surface area contributed by atoms with Gasteiger partial charge in [0.15, 0.2) is 11.2 Å². The summed E-state index contributed by atoms with van der Waals surface area (Å²) in [6.45, 7) is 0. The smallest absolute Gasteiger partial charge is 0.160 e. The summed E-state index contributed by atoms with van der Waals surface area (Å²) < 4.78 is 12.0. The summed E-state index contributed by atoms with van der Waals surface area (Å²) in [4.78, 5) is 2.34. The molecule has 0 unspecified atom stereocenters. The van der Waals surface area contributed by atoms with E-state index in [1.165, 1.54) is 38.4 Å². The Kier molecular flexibility index (Phi) is 8.18. The molecule has 4 nitrogen and oxygen atoms in total. The van der Waals surface area contributed by atoms with E-state index in [0.717, 1.165) is 77.8 Å². The van der Waals surface area contributed by atoms with Crippen molar-refractivity contribution in [2.24, 2.45) is 0 Å². The van der Waals surface area contributed by atoms with Crippen molar-refractivity contribution in [3.05, 3.63) is 237 Å². The first kappa shape index (κ1) is 36.1. The lowest BCUT2D eigenvalue weighted by molar-refractivity contribution is 0.673. The zero-order valence-corrected chi connectivity index (χ0v) is 34.8. The van der Waals surface area contributed by atoms with Crippen LogP contribution in [0.1, 0.15) is 0 Å². The molecule has 0 bridgehead atoms. The molecule has 0 radical (unpaired) electrons. The van der Waals surface area contributed by atoms with Crippen molar-refractivity contribution in [2.75, 3.05) is 4.90 Å². The van der Waals surface area contributed by atoms with Crippen molar-refractivity contribution in [3.63, 3.8) is 0 Å². The number of rotatable bonds is 7. The Morgan fingerprint density at radius 2 is 0.609 bits per heavy atom. The lowest BCUT2D eigenvalue weighted by Crippen LogP contribution is -2.10. The summed E-state index contributed by atoms with van der Waals surface area (Å²) in [6.07, 6.45) is 0. The highest BCUT2D eigenvalue weighted by Gasteiger charge is 2.23. The molecule has 0 atom stereocenters. The van der Waals surface area contributed by atoms with Crippen LogP contribution in [0.25, 0.3) is 99.2 Å². The van der Waals surface area contributed by atoms with Gasteiger partial charge < -0.3 is 18.5 Å². The van der Waals surface area contributed by atoms with Gasteiger partial charge in [0.1, 0.15) is 0 Å². The van der Waals surface area contributed by atoms with Gasteiger partial charge in [0.25, 0.3) is 0 Å². The fourth-order valence-corrected chi connectivity index (χ4v) is 9.97. The van der Waals surface area contributed by atoms with Crippen molar-refractivity contribution in [1.82, 2.24) is 9.13 Å². The summed E-state index contributed by atoms with van der Waals surface area (Å²) in [5.41, 5.74) is 16.4. The molecule has 3 heterocycles. The first-order chi connectivity index (χ1) is 31.8. The van der Waals surface area contributed by atoms with Crippen molar-refractivity contribution in [1.29, 1.82) is 0 Å². The van der Waals surface area contributed by atoms with Crippen LogP contribution in [0.4, 0.5) is 17.1 Å². The first-order valence-electron chi connectivity index (χ1n) is 21.8. The molecule has 10 aromatic carbocycles. The van der Waals surface area contributed by atoms with Crippen LogP contribution < -0.4 is 4.90 Å². The third kappa shape index (κ3) is 5.63. The minimum Gasteiger partial charge on any atom is -0.452 e. The lowest BCUT2D eigenvalue weighted by Gasteiger charge is -2.26. The topological polar surface area (TPSA) is 26.2 Å². The Bertz CT molecular complexity index is 3760. The number of hydrogen-bond acceptors (Lipinski definition) is 2. The second-order valence-electron chi connectivity index (χ2n) is 16.5. The highest BCUT2D eigenvalue weighted by Crippen LogP contribution is 2.45. The Balaban J connectivity index is 0.991. The molecule has 0 aliphatic rings. The summed E-state index contributed by atoms with van der Waals surface area (Å²) >= 11 is 0. The van der Waals surface area contributed by atoms with Crippen LogP contribution in [0.5, 0.6) is 0 Å². The first-order valence-corrected chi connectivity index (χ1v) is 21.8. The molecule has 0 fully saturated rings. The number of aromatic nitrogens is 2. The highest BCUT2D eigenvalue weighted by atomic mass is 16.3. The van der Waals surface area contributed by atoms with Crippen LogP contribution >= 0.6 is 0 Å². The van der Waals surface area contributed by atoms with Gasteiger partial charge in [0.2, 0.25) is 0 Å². The maximum Gasteiger partial charge on any atom is 0.160 e. The molecule has 0 amide bonds. The highest BCUT2D eigenvalue weighted by molar-refractivity contribution is 6.26. The van der Waals surface area contributed by atoms with Crippen LogP contribution in [0.2, 0.25) is 0 Å². The van der Waals surface area contributed by atoms with Gasteiger partial charge in [-0.25, -0.2) is 0 Å². The number of benzene rings is 10. The Hall–Kier alpha value is -8.60. The molecule has 13 rings (SSSR count). The number of nitrogens with zero attached hydrogens (tertiary/aromatic N) is 3. The van der Waals surface area contributed by atoms with Crippen LogP contribution in [0.3, 0.4) is 0 Å². The molecule has 0 saturated carbocycles. The van der Waals surface area contributed by atoms with E-state index >= 15 is 0 Å². The standard InChI is InChI=1S/C60H39N3O/c1-4-14-40(15-5-1)42-24-28-45(29-25-42)61(46-30-26-43(27-31-46)41-16-6-2-7-17-41)47-32-34-48(35-33-47)63-56-23-13-11-21-50(56)52-37-39-54-53-38-36-51-49-20-10-12-22-55(49)62(44-18-8-3-9-19-44)57(51)59(53)64-60(54)58(52)63/h1-39H. The van der Waals surface area contributed by atoms with Gasteiger partial charge in [-0.3, -0.25) is 0 Å². The summed E-state index contributed by atoms with van der Waals surface area (Å²) in [6, 6.07) is 84.9. The Labute approximate surface area is 369 Å². The number of hydrogen-bond donors (Lipinski definition) is 0. The van der Waals surface area contributed by atoms with Crippen molar-refractivity contribution < 1.29 is 4.42 Å². The molecule has 4 heteroatoms. The molecule has 64 heavy (non-hydrogen) atoms. The lowest BCUT2D eigenvalue weighted by atomic mass is 10.0. The van der Waals surface area contributed by atoms with E-state index in [1.807, 2.05) is 0 Å². The van der Waals surface area contributed by atoms with Crippen LogP contribution in [-0.2, 0) is 0 Å². The second-order valence-corrected chi connectivity index (χ2v) is 16.5. The minimum atomic E-state index is 0.879. The normalized spacial score (nSPS) is 11.8. The number of furan rings is 1. The molecule has 13 aromatic rings. The van der Waals surface area contributed by atoms with Gasteiger partial charge in [0.05, 0.1) is 22.1 Å². The SMILES string of the molecule is c1ccc(-c2ccc(N(c3ccc(-c4ccccc4)cc3)c3ccc(-n4c5ccccc5c5ccc6c7ccc8c9ccccc9n(-c9ccccc9)c8c7oc6c54)cc3)cc2)cc1. The molecule has 0 aliphatic carbocycles. The van der Waals surface area contributed by atoms with Gasteiger partial charge >= 0.3 is 0 Å². The average Bonchev–Trinajstić information content (AvgIpc) is 4.04. The summed E-state index contributed by atoms with van der Waals surface area (Å²) in [5, 5.41) is 6.92. The molecular weight excluding hydrogens is 779 g/mol. The number of fused-ring (bicyclic) bond motifs is 11. The van der Waals surface area contributed by atoms with Crippen LogP contribution in [0.15, 0.2) is 241 Å². The van der Waals surface area contributed by atoms with Gasteiger partial charge in [-0.15, -0.1) is 0 Å². The van der Waals surface area contributed by atoms with E-state index in [0.29, 0.717) is 0 Å². The van der Waals surface area contributed by atoms with Gasteiger partial charge in [-0.1, -0.05) is 152 Å². The molecule has 0 aliphatic heterocycles. The van der Waals surface area contributed by atoms with E-state index in [2.05, 4.69) is 251 Å². The fraction of sp³-hybridized carbons (Fsp3) is 0. The summed E-state index contributed by atoms with van der Waals surface area (Å²) in [7, 11) is 0. The maximum atomic E-state index is 7.27. The average molecular weight is 818 g/mol. The van der Waals surface area contributed by atoms with Crippen molar-refractivity contribution in [3.8, 4) is 33.6 Å². The largest absolute Gasteiger partial charge is 0.452 e. The van der Waals surface area contributed by atoms with Crippen LogP contribution in [-0.4, -0.2) is 9.13 Å². The molecule has 0 N–H and O–H groups in total. The maximum absolute atomic E-state index is 7.27. The molecule has 0 saturated heterocycles. The fourth-order valence-electron chi connectivity index (χ4n) is 9.97. The van der Waals surface area contributed by atoms with Gasteiger partial charge in [-0.2, -0.15) is 0 Å². The monoisotopic (exact) mass is 817 g/mol. The van der Waals surface area contributed by atoms with E-state index in [4.69, 9.17) is 4.42 Å². The van der Waals surface area contributed by atoms with Crippen molar-refractivity contribution >= 4 is 82.6 Å². The molecule has 3 aromatic heterocycles. The Morgan fingerprint density at radius 3 is 1.06 bits per heavy atom. The second kappa shape index (κ2) is 14.5. The molecule has 300 valence electrons. The number of anilines is 3. The predicted molar refractivity (Wildman–Crippen MR) is 268 cm³/mol. The van der Waals surface area contributed by atoms with E-state index < -0.39 is 0 Å². The Morgan fingerprint density at radius 1 is 0.266 bits per heavy atom.